The number of hydrogen-bond acceptors (Lipinski definition) is 3. The molecule has 2 aromatic carbocycles. The third kappa shape index (κ3) is 4.25. The largest absolute Gasteiger partial charge is 0.478 e. The van der Waals surface area contributed by atoms with Crippen molar-refractivity contribution < 1.29 is 14.7 Å². The molecule has 0 atom stereocenters. The zero-order valence-electron chi connectivity index (χ0n) is 14.3. The SMILES string of the molecule is Cc1ccc(C(=O)N2CCN(Cc3cccc(C(=O)O)c3)CC2)cc1. The Kier molecular flexibility index (Phi) is 5.14. The maximum Gasteiger partial charge on any atom is 0.335 e. The third-order valence-corrected chi connectivity index (χ3v) is 4.54. The first-order chi connectivity index (χ1) is 12.0. The molecule has 1 aliphatic heterocycles. The van der Waals surface area contributed by atoms with Crippen LogP contribution in [-0.4, -0.2) is 53.0 Å². The van der Waals surface area contributed by atoms with Gasteiger partial charge in [0.1, 0.15) is 0 Å². The second-order valence-electron chi connectivity index (χ2n) is 6.44. The van der Waals surface area contributed by atoms with Crippen LogP contribution >= 0.6 is 0 Å². The molecule has 5 nitrogen and oxygen atoms in total. The van der Waals surface area contributed by atoms with Crippen molar-refractivity contribution >= 4 is 11.9 Å². The summed E-state index contributed by atoms with van der Waals surface area (Å²) in [5.41, 5.74) is 3.17. The van der Waals surface area contributed by atoms with Crippen LogP contribution in [0.4, 0.5) is 0 Å². The van der Waals surface area contributed by atoms with E-state index in [0.29, 0.717) is 25.2 Å². The molecule has 0 radical (unpaired) electrons. The van der Waals surface area contributed by atoms with E-state index in [-0.39, 0.29) is 5.91 Å². The molecule has 3 rings (SSSR count). The molecule has 2 aromatic rings. The van der Waals surface area contributed by atoms with Crippen LogP contribution in [0.1, 0.15) is 31.8 Å². The van der Waals surface area contributed by atoms with Gasteiger partial charge in [-0.1, -0.05) is 29.8 Å². The predicted octanol–water partition coefficient (Wildman–Crippen LogP) is 2.65. The molecule has 0 spiro atoms. The van der Waals surface area contributed by atoms with E-state index in [0.717, 1.165) is 29.8 Å². The van der Waals surface area contributed by atoms with Crippen molar-refractivity contribution in [3.63, 3.8) is 0 Å². The van der Waals surface area contributed by atoms with Crippen LogP contribution in [0.5, 0.6) is 0 Å². The summed E-state index contributed by atoms with van der Waals surface area (Å²) in [5, 5.41) is 9.08. The summed E-state index contributed by atoms with van der Waals surface area (Å²) in [5.74, 6) is -0.831. The summed E-state index contributed by atoms with van der Waals surface area (Å²) in [6.45, 7) is 5.65. The van der Waals surface area contributed by atoms with Gasteiger partial charge in [0.15, 0.2) is 0 Å². The van der Waals surface area contributed by atoms with E-state index in [4.69, 9.17) is 5.11 Å². The van der Waals surface area contributed by atoms with Crippen LogP contribution < -0.4 is 0 Å². The molecule has 0 bridgehead atoms. The number of carboxylic acid groups (broad SMARTS) is 1. The lowest BCUT2D eigenvalue weighted by atomic mass is 10.1. The lowest BCUT2D eigenvalue weighted by molar-refractivity contribution is 0.0626. The smallest absolute Gasteiger partial charge is 0.335 e. The van der Waals surface area contributed by atoms with Crippen LogP contribution in [0.15, 0.2) is 48.5 Å². The lowest BCUT2D eigenvalue weighted by Crippen LogP contribution is -2.48. The van der Waals surface area contributed by atoms with Crippen molar-refractivity contribution in [2.75, 3.05) is 26.2 Å². The molecule has 1 N–H and O–H groups in total. The van der Waals surface area contributed by atoms with E-state index < -0.39 is 5.97 Å². The van der Waals surface area contributed by atoms with E-state index in [1.165, 1.54) is 0 Å². The average molecular weight is 338 g/mol. The Morgan fingerprint density at radius 2 is 1.64 bits per heavy atom. The van der Waals surface area contributed by atoms with Crippen molar-refractivity contribution in [3.8, 4) is 0 Å². The van der Waals surface area contributed by atoms with Crippen molar-refractivity contribution in [2.45, 2.75) is 13.5 Å². The minimum Gasteiger partial charge on any atom is -0.478 e. The fraction of sp³-hybridized carbons (Fsp3) is 0.300. The summed E-state index contributed by atoms with van der Waals surface area (Å²) < 4.78 is 0. The highest BCUT2D eigenvalue weighted by Gasteiger charge is 2.22. The Balaban J connectivity index is 1.56. The summed E-state index contributed by atoms with van der Waals surface area (Å²) in [6, 6.07) is 14.7. The number of amides is 1. The summed E-state index contributed by atoms with van der Waals surface area (Å²) in [4.78, 5) is 27.7. The standard InChI is InChI=1S/C20H22N2O3/c1-15-5-7-17(8-6-15)19(23)22-11-9-21(10-12-22)14-16-3-2-4-18(13-16)20(24)25/h2-8,13H,9-12,14H2,1H3,(H,24,25). The number of aromatic carboxylic acids is 1. The van der Waals surface area contributed by atoms with Crippen LogP contribution in [0, 0.1) is 6.92 Å². The quantitative estimate of drug-likeness (QED) is 0.931. The monoisotopic (exact) mass is 338 g/mol. The summed E-state index contributed by atoms with van der Waals surface area (Å²) in [7, 11) is 0. The fourth-order valence-corrected chi connectivity index (χ4v) is 3.05. The first kappa shape index (κ1) is 17.2. The Labute approximate surface area is 147 Å². The Bertz CT molecular complexity index is 763. The van der Waals surface area contributed by atoms with Crippen LogP contribution in [0.3, 0.4) is 0 Å². The van der Waals surface area contributed by atoms with Gasteiger partial charge in [-0.15, -0.1) is 0 Å². The molecule has 0 aliphatic carbocycles. The van der Waals surface area contributed by atoms with Crippen molar-refractivity contribution in [3.05, 3.63) is 70.8 Å². The third-order valence-electron chi connectivity index (χ3n) is 4.54. The number of aryl methyl sites for hydroxylation is 1. The van der Waals surface area contributed by atoms with Gasteiger partial charge in [-0.3, -0.25) is 9.69 Å². The van der Waals surface area contributed by atoms with Gasteiger partial charge in [0.2, 0.25) is 0 Å². The number of piperazine rings is 1. The number of rotatable bonds is 4. The average Bonchev–Trinajstić information content (AvgIpc) is 2.63. The molecule has 25 heavy (non-hydrogen) atoms. The molecule has 0 unspecified atom stereocenters. The number of carbonyl (C=O) groups is 2. The van der Waals surface area contributed by atoms with E-state index in [9.17, 15) is 9.59 Å². The highest BCUT2D eigenvalue weighted by Crippen LogP contribution is 2.13. The van der Waals surface area contributed by atoms with Gasteiger partial charge in [0.05, 0.1) is 5.56 Å². The predicted molar refractivity (Wildman–Crippen MR) is 95.8 cm³/mol. The molecule has 1 amide bonds. The highest BCUT2D eigenvalue weighted by atomic mass is 16.4. The van der Waals surface area contributed by atoms with Crippen molar-refractivity contribution in [1.29, 1.82) is 0 Å². The lowest BCUT2D eigenvalue weighted by Gasteiger charge is -2.34. The summed E-state index contributed by atoms with van der Waals surface area (Å²) >= 11 is 0. The summed E-state index contributed by atoms with van der Waals surface area (Å²) in [6.07, 6.45) is 0. The minimum atomic E-state index is -0.907. The molecule has 0 aromatic heterocycles. The number of nitrogens with zero attached hydrogens (tertiary/aromatic N) is 2. The molecular weight excluding hydrogens is 316 g/mol. The Hall–Kier alpha value is -2.66. The van der Waals surface area contributed by atoms with Crippen LogP contribution in [0.25, 0.3) is 0 Å². The van der Waals surface area contributed by atoms with Crippen molar-refractivity contribution in [2.24, 2.45) is 0 Å². The molecule has 130 valence electrons. The Morgan fingerprint density at radius 3 is 2.28 bits per heavy atom. The molecule has 1 fully saturated rings. The fourth-order valence-electron chi connectivity index (χ4n) is 3.05. The molecular formula is C20H22N2O3. The molecule has 5 heteroatoms. The normalized spacial score (nSPS) is 15.2. The number of carbonyl (C=O) groups excluding carboxylic acids is 1. The second kappa shape index (κ2) is 7.49. The first-order valence-corrected chi connectivity index (χ1v) is 8.43. The molecule has 1 aliphatic rings. The van der Waals surface area contributed by atoms with Gasteiger partial charge >= 0.3 is 5.97 Å². The van der Waals surface area contributed by atoms with E-state index >= 15 is 0 Å². The van der Waals surface area contributed by atoms with Gasteiger partial charge in [0, 0.05) is 38.3 Å². The maximum atomic E-state index is 12.5. The topological polar surface area (TPSA) is 60.9 Å². The highest BCUT2D eigenvalue weighted by molar-refractivity contribution is 5.94. The van der Waals surface area contributed by atoms with Crippen molar-refractivity contribution in [1.82, 2.24) is 9.80 Å². The van der Waals surface area contributed by atoms with E-state index in [1.807, 2.05) is 42.2 Å². The molecule has 0 saturated carbocycles. The van der Waals surface area contributed by atoms with Gasteiger partial charge in [-0.25, -0.2) is 4.79 Å². The van der Waals surface area contributed by atoms with Crippen LogP contribution in [-0.2, 0) is 6.54 Å². The zero-order chi connectivity index (χ0) is 17.8. The zero-order valence-corrected chi connectivity index (χ0v) is 14.3. The minimum absolute atomic E-state index is 0.0764. The Morgan fingerprint density at radius 1 is 0.960 bits per heavy atom. The number of carboxylic acids is 1. The number of benzene rings is 2. The molecule has 1 heterocycles. The first-order valence-electron chi connectivity index (χ1n) is 8.43. The number of hydrogen-bond donors (Lipinski definition) is 1. The van der Waals surface area contributed by atoms with Crippen LogP contribution in [0.2, 0.25) is 0 Å². The van der Waals surface area contributed by atoms with E-state index in [2.05, 4.69) is 4.90 Å². The van der Waals surface area contributed by atoms with Gasteiger partial charge in [-0.05, 0) is 36.8 Å². The van der Waals surface area contributed by atoms with E-state index in [1.54, 1.807) is 18.2 Å². The van der Waals surface area contributed by atoms with Gasteiger partial charge in [-0.2, -0.15) is 0 Å². The molecule has 1 saturated heterocycles. The van der Waals surface area contributed by atoms with Gasteiger partial charge in [0.25, 0.3) is 5.91 Å². The second-order valence-corrected chi connectivity index (χ2v) is 6.44. The van der Waals surface area contributed by atoms with Gasteiger partial charge < -0.3 is 10.0 Å². The maximum absolute atomic E-state index is 12.5.